The minimum atomic E-state index is -2.24. The maximum Gasteiger partial charge on any atom is 0.422 e. The predicted molar refractivity (Wildman–Crippen MR) is 62.4 cm³/mol. The molecule has 3 nitrogen and oxygen atoms in total. The van der Waals surface area contributed by atoms with Crippen molar-refractivity contribution in [3.05, 3.63) is 0 Å². The van der Waals surface area contributed by atoms with Crippen molar-refractivity contribution in [3.8, 4) is 0 Å². The Balaban J connectivity index is 4.49. The molecule has 0 fully saturated rings. The molecule has 0 radical (unpaired) electrons. The average molecular weight is 219 g/mol. The molecule has 0 saturated carbocycles. The summed E-state index contributed by atoms with van der Waals surface area (Å²) in [7, 11) is -0.352. The Morgan fingerprint density at radius 1 is 0.857 bits per heavy atom. The van der Waals surface area contributed by atoms with Crippen molar-refractivity contribution in [2.75, 3.05) is 7.05 Å². The van der Waals surface area contributed by atoms with Gasteiger partial charge in [-0.05, 0) is 55.1 Å². The van der Waals surface area contributed by atoms with E-state index in [0.717, 1.165) is 0 Å². The van der Waals surface area contributed by atoms with Crippen LogP contribution in [-0.4, -0.2) is 27.0 Å². The van der Waals surface area contributed by atoms with Crippen LogP contribution in [0.1, 0.15) is 41.5 Å². The molecule has 1 N–H and O–H groups in total. The van der Waals surface area contributed by atoms with E-state index in [0.29, 0.717) is 0 Å². The molecule has 0 rings (SSSR count). The van der Waals surface area contributed by atoms with Crippen molar-refractivity contribution < 1.29 is 8.85 Å². The highest BCUT2D eigenvalue weighted by Crippen LogP contribution is 2.20. The molecule has 0 aromatic heterocycles. The Bertz CT molecular complexity index is 166. The third-order valence-corrected chi connectivity index (χ3v) is 4.37. The van der Waals surface area contributed by atoms with Crippen molar-refractivity contribution in [2.45, 2.75) is 59.3 Å². The molecule has 0 bridgehead atoms. The van der Waals surface area contributed by atoms with Crippen LogP contribution < -0.4 is 4.98 Å². The zero-order valence-corrected chi connectivity index (χ0v) is 11.8. The molecule has 0 aromatic rings. The van der Waals surface area contributed by atoms with Crippen molar-refractivity contribution in [2.24, 2.45) is 0 Å². The fourth-order valence-corrected chi connectivity index (χ4v) is 3.87. The second-order valence-corrected chi connectivity index (χ2v) is 8.42. The zero-order chi connectivity index (χ0) is 11.6. The smallest absolute Gasteiger partial charge is 0.378 e. The lowest BCUT2D eigenvalue weighted by atomic mass is 10.2. The van der Waals surface area contributed by atoms with E-state index in [9.17, 15) is 0 Å². The predicted octanol–water partition coefficient (Wildman–Crippen LogP) is 2.40. The molecule has 0 unspecified atom stereocenters. The average Bonchev–Trinajstić information content (AvgIpc) is 1.78. The van der Waals surface area contributed by atoms with Crippen molar-refractivity contribution in [1.29, 1.82) is 0 Å². The van der Waals surface area contributed by atoms with E-state index in [2.05, 4.69) is 4.98 Å². The van der Waals surface area contributed by atoms with Gasteiger partial charge in [0, 0.05) is 0 Å². The van der Waals surface area contributed by atoms with Gasteiger partial charge < -0.3 is 8.85 Å². The van der Waals surface area contributed by atoms with Gasteiger partial charge in [0.2, 0.25) is 0 Å². The molecule has 86 valence electrons. The largest absolute Gasteiger partial charge is 0.422 e. The first-order chi connectivity index (χ1) is 5.97. The van der Waals surface area contributed by atoms with Gasteiger partial charge in [0.25, 0.3) is 0 Å². The van der Waals surface area contributed by atoms with Crippen LogP contribution in [-0.2, 0) is 8.85 Å². The van der Waals surface area contributed by atoms with Crippen LogP contribution >= 0.6 is 0 Å². The van der Waals surface area contributed by atoms with Gasteiger partial charge in [-0.3, -0.25) is 4.98 Å². The molecule has 0 aromatic carbocycles. The lowest BCUT2D eigenvalue weighted by Crippen LogP contribution is -2.58. The van der Waals surface area contributed by atoms with E-state index in [4.69, 9.17) is 8.85 Å². The standard InChI is InChI=1S/C10H25NO2Si/c1-9(2,3)12-14(8,11-7)13-10(4,5)6/h11H,1-8H3. The van der Waals surface area contributed by atoms with Crippen LogP contribution in [0, 0.1) is 0 Å². The van der Waals surface area contributed by atoms with E-state index in [1.54, 1.807) is 0 Å². The minimum absolute atomic E-state index is 0.171. The maximum absolute atomic E-state index is 5.96. The molecule has 0 heterocycles. The Morgan fingerprint density at radius 2 is 1.14 bits per heavy atom. The SMILES string of the molecule is CN[Si](C)(OC(C)(C)C)OC(C)(C)C. The van der Waals surface area contributed by atoms with E-state index in [1.807, 2.05) is 55.1 Å². The Morgan fingerprint density at radius 3 is 1.29 bits per heavy atom. The normalized spacial score (nSPS) is 14.6. The first-order valence-corrected chi connectivity index (χ1v) is 7.38. The quantitative estimate of drug-likeness (QED) is 0.739. The van der Waals surface area contributed by atoms with Crippen LogP contribution in [0.3, 0.4) is 0 Å². The lowest BCUT2D eigenvalue weighted by Gasteiger charge is -2.38. The fraction of sp³-hybridized carbons (Fsp3) is 1.00. The molecule has 0 aliphatic rings. The fourth-order valence-electron chi connectivity index (χ4n) is 1.29. The summed E-state index contributed by atoms with van der Waals surface area (Å²) in [4.78, 5) is 3.19. The zero-order valence-electron chi connectivity index (χ0n) is 10.8. The van der Waals surface area contributed by atoms with Gasteiger partial charge in [-0.15, -0.1) is 0 Å². The van der Waals surface area contributed by atoms with Crippen LogP contribution in [0.15, 0.2) is 0 Å². The lowest BCUT2D eigenvalue weighted by molar-refractivity contribution is 0.0126. The number of rotatable bonds is 3. The van der Waals surface area contributed by atoms with E-state index in [-0.39, 0.29) is 11.2 Å². The van der Waals surface area contributed by atoms with Crippen molar-refractivity contribution in [3.63, 3.8) is 0 Å². The van der Waals surface area contributed by atoms with Gasteiger partial charge in [-0.25, -0.2) is 0 Å². The number of hydrogen-bond acceptors (Lipinski definition) is 3. The summed E-state index contributed by atoms with van der Waals surface area (Å²) in [5, 5.41) is 0. The molecule has 0 saturated heterocycles. The molecule has 0 aliphatic carbocycles. The molecular formula is C10H25NO2Si. The summed E-state index contributed by atoms with van der Waals surface area (Å²) in [6.45, 7) is 14.3. The van der Waals surface area contributed by atoms with Crippen LogP contribution in [0.4, 0.5) is 0 Å². The van der Waals surface area contributed by atoms with Crippen molar-refractivity contribution >= 4 is 8.72 Å². The first kappa shape index (κ1) is 14.1. The highest BCUT2D eigenvalue weighted by atomic mass is 28.4. The highest BCUT2D eigenvalue weighted by molar-refractivity contribution is 6.63. The number of hydrogen-bond donors (Lipinski definition) is 1. The second kappa shape index (κ2) is 4.31. The molecule has 0 spiro atoms. The topological polar surface area (TPSA) is 30.5 Å². The van der Waals surface area contributed by atoms with Crippen molar-refractivity contribution in [1.82, 2.24) is 4.98 Å². The summed E-state index contributed by atoms with van der Waals surface area (Å²) in [6, 6.07) is 0. The summed E-state index contributed by atoms with van der Waals surface area (Å²) >= 11 is 0. The molecule has 0 atom stereocenters. The van der Waals surface area contributed by atoms with E-state index < -0.39 is 8.72 Å². The summed E-state index contributed by atoms with van der Waals surface area (Å²) in [6.07, 6.45) is 0. The van der Waals surface area contributed by atoms with Gasteiger partial charge in [-0.1, -0.05) is 0 Å². The number of nitrogens with one attached hydrogen (secondary N) is 1. The first-order valence-electron chi connectivity index (χ1n) is 5.07. The van der Waals surface area contributed by atoms with Gasteiger partial charge >= 0.3 is 8.72 Å². The third kappa shape index (κ3) is 6.54. The molecule has 0 aliphatic heterocycles. The highest BCUT2D eigenvalue weighted by Gasteiger charge is 2.38. The van der Waals surface area contributed by atoms with Gasteiger partial charge in [-0.2, -0.15) is 0 Å². The van der Waals surface area contributed by atoms with E-state index in [1.165, 1.54) is 0 Å². The molecular weight excluding hydrogens is 194 g/mol. The Kier molecular flexibility index (Phi) is 4.34. The Hall–Kier alpha value is 0.0969. The van der Waals surface area contributed by atoms with Gasteiger partial charge in [0.1, 0.15) is 0 Å². The van der Waals surface area contributed by atoms with E-state index >= 15 is 0 Å². The summed E-state index contributed by atoms with van der Waals surface area (Å²) in [5.41, 5.74) is -0.343. The van der Waals surface area contributed by atoms with Crippen LogP contribution in [0.5, 0.6) is 0 Å². The Labute approximate surface area is 89.5 Å². The molecule has 0 amide bonds. The maximum atomic E-state index is 5.96. The summed E-state index contributed by atoms with van der Waals surface area (Å²) < 4.78 is 11.9. The minimum Gasteiger partial charge on any atom is -0.378 e. The monoisotopic (exact) mass is 219 g/mol. The van der Waals surface area contributed by atoms with Gasteiger partial charge in [0.15, 0.2) is 0 Å². The summed E-state index contributed by atoms with van der Waals surface area (Å²) in [5.74, 6) is 0. The van der Waals surface area contributed by atoms with Gasteiger partial charge in [0.05, 0.1) is 11.2 Å². The van der Waals surface area contributed by atoms with Crippen LogP contribution in [0.25, 0.3) is 0 Å². The second-order valence-electron chi connectivity index (χ2n) is 5.62. The van der Waals surface area contributed by atoms with Crippen LogP contribution in [0.2, 0.25) is 6.55 Å². The molecule has 4 heteroatoms. The molecule has 14 heavy (non-hydrogen) atoms. The third-order valence-electron chi connectivity index (χ3n) is 1.46.